The highest BCUT2D eigenvalue weighted by molar-refractivity contribution is 5.88. The van der Waals surface area contributed by atoms with E-state index < -0.39 is 5.60 Å². The number of carbonyl (C=O) groups excluding carboxylic acids is 1. The fourth-order valence-corrected chi connectivity index (χ4v) is 2.26. The largest absolute Gasteiger partial charge is 0.363 e. The third-order valence-electron chi connectivity index (χ3n) is 3.08. The van der Waals surface area contributed by atoms with Crippen LogP contribution in [0.15, 0.2) is 12.2 Å². The maximum atomic E-state index is 11.8. The number of ketones is 1. The van der Waals surface area contributed by atoms with Gasteiger partial charge in [0.15, 0.2) is 5.78 Å². The minimum absolute atomic E-state index is 0.336. The zero-order valence-electron chi connectivity index (χ0n) is 7.92. The van der Waals surface area contributed by atoms with Gasteiger partial charge in [-0.3, -0.25) is 4.79 Å². The summed E-state index contributed by atoms with van der Waals surface area (Å²) >= 11 is 0. The van der Waals surface area contributed by atoms with Gasteiger partial charge in [0.1, 0.15) is 5.60 Å². The van der Waals surface area contributed by atoms with Gasteiger partial charge in [-0.25, -0.2) is 0 Å². The molecule has 0 saturated heterocycles. The zero-order valence-corrected chi connectivity index (χ0v) is 7.92. The molecule has 1 aliphatic carbocycles. The number of allylic oxidation sites excluding steroid dienone is 1. The molecule has 2 rings (SSSR count). The SMILES string of the molecule is O=C1CCCC[C@@]12CCC=CCO2. The second-order valence-electron chi connectivity index (χ2n) is 3.95. The van der Waals surface area contributed by atoms with E-state index in [9.17, 15) is 4.79 Å². The summed E-state index contributed by atoms with van der Waals surface area (Å²) in [7, 11) is 0. The van der Waals surface area contributed by atoms with E-state index in [0.29, 0.717) is 12.4 Å². The molecule has 1 spiro atoms. The van der Waals surface area contributed by atoms with Gasteiger partial charge >= 0.3 is 0 Å². The van der Waals surface area contributed by atoms with Crippen LogP contribution < -0.4 is 0 Å². The smallest absolute Gasteiger partial charge is 0.164 e. The molecule has 2 heteroatoms. The first-order valence-corrected chi connectivity index (χ1v) is 5.16. The Morgan fingerprint density at radius 2 is 2.15 bits per heavy atom. The number of hydrogen-bond acceptors (Lipinski definition) is 2. The van der Waals surface area contributed by atoms with Crippen molar-refractivity contribution in [2.24, 2.45) is 0 Å². The quantitative estimate of drug-likeness (QED) is 0.534. The van der Waals surface area contributed by atoms with Crippen LogP contribution >= 0.6 is 0 Å². The molecule has 1 saturated carbocycles. The van der Waals surface area contributed by atoms with Crippen LogP contribution in [-0.4, -0.2) is 18.0 Å². The summed E-state index contributed by atoms with van der Waals surface area (Å²) in [5.41, 5.74) is -0.401. The van der Waals surface area contributed by atoms with Crippen LogP contribution in [0.25, 0.3) is 0 Å². The fraction of sp³-hybridized carbons (Fsp3) is 0.727. The fourth-order valence-electron chi connectivity index (χ4n) is 2.26. The first kappa shape index (κ1) is 8.95. The molecule has 0 N–H and O–H groups in total. The molecule has 0 bridgehead atoms. The van der Waals surface area contributed by atoms with E-state index in [1.807, 2.05) is 6.08 Å². The predicted octanol–water partition coefficient (Wildman–Crippen LogP) is 2.23. The van der Waals surface area contributed by atoms with Crippen molar-refractivity contribution in [2.75, 3.05) is 6.61 Å². The predicted molar refractivity (Wildman–Crippen MR) is 50.5 cm³/mol. The number of hydrogen-bond donors (Lipinski definition) is 0. The summed E-state index contributed by atoms with van der Waals surface area (Å²) in [5, 5.41) is 0. The molecule has 0 radical (unpaired) electrons. The molecule has 13 heavy (non-hydrogen) atoms. The molecule has 72 valence electrons. The Balaban J connectivity index is 2.12. The van der Waals surface area contributed by atoms with E-state index in [-0.39, 0.29) is 0 Å². The number of Topliss-reactive ketones (excluding diaryl/α,β-unsaturated/α-hetero) is 1. The highest BCUT2D eigenvalue weighted by Gasteiger charge is 2.40. The maximum Gasteiger partial charge on any atom is 0.164 e. The third kappa shape index (κ3) is 1.68. The van der Waals surface area contributed by atoms with Gasteiger partial charge < -0.3 is 4.74 Å². The van der Waals surface area contributed by atoms with Gasteiger partial charge in [-0.2, -0.15) is 0 Å². The van der Waals surface area contributed by atoms with Gasteiger partial charge in [0, 0.05) is 6.42 Å². The lowest BCUT2D eigenvalue weighted by Crippen LogP contribution is -2.43. The van der Waals surface area contributed by atoms with Crippen molar-refractivity contribution < 1.29 is 9.53 Å². The van der Waals surface area contributed by atoms with Crippen LogP contribution in [0.1, 0.15) is 38.5 Å². The van der Waals surface area contributed by atoms with E-state index in [1.54, 1.807) is 0 Å². The topological polar surface area (TPSA) is 26.3 Å². The molecule has 0 aromatic heterocycles. The molecular formula is C11H16O2. The molecule has 2 aliphatic rings. The first-order valence-electron chi connectivity index (χ1n) is 5.16. The lowest BCUT2D eigenvalue weighted by molar-refractivity contribution is -0.148. The van der Waals surface area contributed by atoms with Crippen LogP contribution in [-0.2, 0) is 9.53 Å². The Hall–Kier alpha value is -0.630. The molecule has 0 unspecified atom stereocenters. The summed E-state index contributed by atoms with van der Waals surface area (Å²) < 4.78 is 5.71. The molecule has 0 aromatic carbocycles. The van der Waals surface area contributed by atoms with Gasteiger partial charge in [0.2, 0.25) is 0 Å². The van der Waals surface area contributed by atoms with Crippen molar-refractivity contribution >= 4 is 5.78 Å². The van der Waals surface area contributed by atoms with E-state index in [1.165, 1.54) is 0 Å². The summed E-state index contributed by atoms with van der Waals surface area (Å²) in [6, 6.07) is 0. The molecule has 2 nitrogen and oxygen atoms in total. The number of ether oxygens (including phenoxy) is 1. The van der Waals surface area contributed by atoms with Crippen molar-refractivity contribution in [2.45, 2.75) is 44.1 Å². The van der Waals surface area contributed by atoms with Crippen LogP contribution in [0, 0.1) is 0 Å². The highest BCUT2D eigenvalue weighted by Crippen LogP contribution is 2.33. The standard InChI is InChI=1S/C11H16O2/c12-10-6-2-4-8-11(10)7-3-1-5-9-13-11/h1,5H,2-4,6-9H2/t11-/m0/s1. The van der Waals surface area contributed by atoms with Crippen molar-refractivity contribution in [1.82, 2.24) is 0 Å². The highest BCUT2D eigenvalue weighted by atomic mass is 16.5. The summed E-state index contributed by atoms with van der Waals surface area (Å²) in [4.78, 5) is 11.8. The monoisotopic (exact) mass is 180 g/mol. The Labute approximate surface area is 79.0 Å². The van der Waals surface area contributed by atoms with Crippen LogP contribution in [0.4, 0.5) is 0 Å². The molecule has 1 aliphatic heterocycles. The summed E-state index contributed by atoms with van der Waals surface area (Å²) in [6.45, 7) is 0.617. The molecule has 0 aromatic rings. The second-order valence-corrected chi connectivity index (χ2v) is 3.95. The Morgan fingerprint density at radius 1 is 1.23 bits per heavy atom. The Kier molecular flexibility index (Phi) is 2.49. The number of carbonyl (C=O) groups is 1. The molecule has 1 heterocycles. The van der Waals surface area contributed by atoms with E-state index >= 15 is 0 Å². The van der Waals surface area contributed by atoms with Crippen molar-refractivity contribution in [3.8, 4) is 0 Å². The van der Waals surface area contributed by atoms with E-state index in [0.717, 1.165) is 38.5 Å². The van der Waals surface area contributed by atoms with Crippen LogP contribution in [0.3, 0.4) is 0 Å². The van der Waals surface area contributed by atoms with Crippen molar-refractivity contribution in [3.05, 3.63) is 12.2 Å². The first-order chi connectivity index (χ1) is 6.33. The van der Waals surface area contributed by atoms with Gasteiger partial charge in [0.25, 0.3) is 0 Å². The molecule has 1 atom stereocenters. The molecule has 0 amide bonds. The van der Waals surface area contributed by atoms with Crippen molar-refractivity contribution in [1.29, 1.82) is 0 Å². The Bertz CT molecular complexity index is 220. The van der Waals surface area contributed by atoms with Crippen LogP contribution in [0.2, 0.25) is 0 Å². The normalized spacial score (nSPS) is 34.9. The van der Waals surface area contributed by atoms with Gasteiger partial charge in [-0.15, -0.1) is 0 Å². The van der Waals surface area contributed by atoms with E-state index in [4.69, 9.17) is 4.74 Å². The zero-order chi connectivity index (χ0) is 9.15. The molecular weight excluding hydrogens is 164 g/mol. The lowest BCUT2D eigenvalue weighted by Gasteiger charge is -2.34. The van der Waals surface area contributed by atoms with Crippen LogP contribution in [0.5, 0.6) is 0 Å². The van der Waals surface area contributed by atoms with Gasteiger partial charge in [-0.1, -0.05) is 12.2 Å². The average molecular weight is 180 g/mol. The lowest BCUT2D eigenvalue weighted by atomic mass is 9.80. The molecule has 1 fully saturated rings. The average Bonchev–Trinajstić information content (AvgIpc) is 2.37. The summed E-state index contributed by atoms with van der Waals surface area (Å²) in [6.07, 6.45) is 9.89. The van der Waals surface area contributed by atoms with Crippen molar-refractivity contribution in [3.63, 3.8) is 0 Å². The number of rotatable bonds is 0. The third-order valence-corrected chi connectivity index (χ3v) is 3.08. The maximum absolute atomic E-state index is 11.8. The van der Waals surface area contributed by atoms with Gasteiger partial charge in [0.05, 0.1) is 6.61 Å². The second kappa shape index (κ2) is 3.62. The minimum Gasteiger partial charge on any atom is -0.363 e. The minimum atomic E-state index is -0.401. The summed E-state index contributed by atoms with van der Waals surface area (Å²) in [5.74, 6) is 0.336. The Morgan fingerprint density at radius 3 is 3.00 bits per heavy atom. The van der Waals surface area contributed by atoms with E-state index in [2.05, 4.69) is 6.08 Å². The van der Waals surface area contributed by atoms with Gasteiger partial charge in [-0.05, 0) is 32.1 Å².